The number of aryl methyl sites for hydroxylation is 3. The smallest absolute Gasteiger partial charge is 0.317 e. The second-order valence-electron chi connectivity index (χ2n) is 6.75. The number of para-hydroxylation sites is 1. The molecule has 0 aliphatic heterocycles. The Balaban J connectivity index is 1.83. The van der Waals surface area contributed by atoms with Crippen LogP contribution in [0.25, 0.3) is 10.9 Å². The third kappa shape index (κ3) is 4.00. The van der Waals surface area contributed by atoms with Gasteiger partial charge in [0.1, 0.15) is 5.82 Å². The number of hydrogen-bond donors (Lipinski definition) is 2. The average molecular weight is 364 g/mol. The average Bonchev–Trinajstić information content (AvgIpc) is 2.62. The zero-order chi connectivity index (χ0) is 19.6. The van der Waals surface area contributed by atoms with Crippen molar-refractivity contribution in [3.8, 4) is 0 Å². The molecule has 0 spiro atoms. The molecule has 0 unspecified atom stereocenters. The van der Waals surface area contributed by atoms with Crippen LogP contribution in [-0.2, 0) is 6.54 Å². The number of nitrogens with one attached hydrogen (secondary N) is 2. The molecule has 0 fully saturated rings. The van der Waals surface area contributed by atoms with Crippen LogP contribution in [0.15, 0.2) is 41.2 Å². The van der Waals surface area contributed by atoms with Gasteiger partial charge in [-0.05, 0) is 51.0 Å². The van der Waals surface area contributed by atoms with Gasteiger partial charge in [-0.25, -0.2) is 9.78 Å². The molecule has 0 aliphatic rings. The van der Waals surface area contributed by atoms with E-state index in [1.54, 1.807) is 23.1 Å². The maximum Gasteiger partial charge on any atom is 0.322 e. The van der Waals surface area contributed by atoms with Crippen molar-refractivity contribution in [3.05, 3.63) is 69.3 Å². The van der Waals surface area contributed by atoms with E-state index < -0.39 is 0 Å². The van der Waals surface area contributed by atoms with E-state index >= 15 is 0 Å². The third-order valence-corrected chi connectivity index (χ3v) is 4.58. The summed E-state index contributed by atoms with van der Waals surface area (Å²) in [5, 5.41) is 3.54. The predicted octanol–water partition coefficient (Wildman–Crippen LogP) is 3.90. The van der Waals surface area contributed by atoms with Gasteiger partial charge in [-0.3, -0.25) is 4.79 Å². The van der Waals surface area contributed by atoms with Gasteiger partial charge in [0.05, 0.1) is 17.4 Å². The summed E-state index contributed by atoms with van der Waals surface area (Å²) in [6.07, 6.45) is 0. The summed E-state index contributed by atoms with van der Waals surface area (Å²) in [6, 6.07) is 11.0. The second kappa shape index (κ2) is 7.61. The van der Waals surface area contributed by atoms with Crippen LogP contribution < -0.4 is 10.9 Å². The van der Waals surface area contributed by atoms with E-state index in [4.69, 9.17) is 0 Å². The number of urea groups is 1. The maximum atomic E-state index is 12.8. The van der Waals surface area contributed by atoms with Crippen LogP contribution in [0.5, 0.6) is 0 Å². The van der Waals surface area contributed by atoms with Crippen molar-refractivity contribution in [2.75, 3.05) is 11.9 Å². The molecular formula is C21H24N4O2. The summed E-state index contributed by atoms with van der Waals surface area (Å²) in [5.41, 5.74) is 4.45. The van der Waals surface area contributed by atoms with Gasteiger partial charge in [0.15, 0.2) is 0 Å². The first-order chi connectivity index (χ1) is 12.9. The Kier molecular flexibility index (Phi) is 5.26. The largest absolute Gasteiger partial charge is 0.322 e. The molecule has 1 heterocycles. The molecular weight excluding hydrogens is 340 g/mol. The van der Waals surface area contributed by atoms with E-state index in [0.29, 0.717) is 23.3 Å². The highest BCUT2D eigenvalue weighted by molar-refractivity contribution is 5.91. The number of nitrogens with zero attached hydrogens (tertiary/aromatic N) is 2. The first kappa shape index (κ1) is 18.6. The highest BCUT2D eigenvalue weighted by atomic mass is 16.2. The molecule has 0 aliphatic carbocycles. The van der Waals surface area contributed by atoms with Crippen LogP contribution in [0.3, 0.4) is 0 Å². The summed E-state index contributed by atoms with van der Waals surface area (Å²) < 4.78 is 0. The Bertz CT molecular complexity index is 1030. The molecule has 1 aromatic heterocycles. The van der Waals surface area contributed by atoms with Crippen LogP contribution >= 0.6 is 0 Å². The van der Waals surface area contributed by atoms with Gasteiger partial charge in [0.25, 0.3) is 5.56 Å². The third-order valence-electron chi connectivity index (χ3n) is 4.58. The Morgan fingerprint density at radius 3 is 2.48 bits per heavy atom. The van der Waals surface area contributed by atoms with Crippen molar-refractivity contribution in [1.29, 1.82) is 0 Å². The molecule has 6 heteroatoms. The lowest BCUT2D eigenvalue weighted by Crippen LogP contribution is -2.35. The summed E-state index contributed by atoms with van der Waals surface area (Å²) in [7, 11) is 0. The van der Waals surface area contributed by atoms with E-state index in [1.807, 2.05) is 45.9 Å². The Morgan fingerprint density at radius 2 is 1.81 bits per heavy atom. The number of aromatic nitrogens is 2. The first-order valence-electron chi connectivity index (χ1n) is 9.00. The van der Waals surface area contributed by atoms with Gasteiger partial charge in [-0.2, -0.15) is 0 Å². The zero-order valence-corrected chi connectivity index (χ0v) is 16.1. The molecule has 0 bridgehead atoms. The van der Waals surface area contributed by atoms with Gasteiger partial charge in [-0.15, -0.1) is 0 Å². The monoisotopic (exact) mass is 364 g/mol. The number of carbonyl (C=O) groups excluding carboxylic acids is 1. The molecule has 0 radical (unpaired) electrons. The van der Waals surface area contributed by atoms with E-state index in [2.05, 4.69) is 15.3 Å². The Hall–Kier alpha value is -3.15. The number of amides is 2. The number of benzene rings is 2. The van der Waals surface area contributed by atoms with E-state index in [1.165, 1.54) is 0 Å². The lowest BCUT2D eigenvalue weighted by atomic mass is 10.1. The minimum Gasteiger partial charge on any atom is -0.317 e. The van der Waals surface area contributed by atoms with Crippen LogP contribution in [0.2, 0.25) is 0 Å². The Morgan fingerprint density at radius 1 is 1.15 bits per heavy atom. The summed E-state index contributed by atoms with van der Waals surface area (Å²) in [5.74, 6) is 0.466. The normalized spacial score (nSPS) is 10.8. The van der Waals surface area contributed by atoms with Gasteiger partial charge < -0.3 is 15.2 Å². The van der Waals surface area contributed by atoms with Crippen molar-refractivity contribution >= 4 is 22.6 Å². The second-order valence-corrected chi connectivity index (χ2v) is 6.75. The molecule has 140 valence electrons. The summed E-state index contributed by atoms with van der Waals surface area (Å²) in [6.45, 7) is 8.61. The fraction of sp³-hybridized carbons (Fsp3) is 0.286. The van der Waals surface area contributed by atoms with Crippen LogP contribution in [0.4, 0.5) is 10.5 Å². The van der Waals surface area contributed by atoms with Crippen LogP contribution in [0.1, 0.15) is 29.4 Å². The van der Waals surface area contributed by atoms with Crippen molar-refractivity contribution in [2.24, 2.45) is 0 Å². The molecule has 6 nitrogen and oxygen atoms in total. The van der Waals surface area contributed by atoms with Gasteiger partial charge in [0, 0.05) is 12.2 Å². The first-order valence-corrected chi connectivity index (χ1v) is 9.00. The minimum absolute atomic E-state index is 0.197. The Labute approximate surface area is 158 Å². The number of rotatable bonds is 4. The minimum atomic E-state index is -0.219. The molecule has 2 N–H and O–H groups in total. The number of fused-ring (bicyclic) bond motifs is 1. The molecule has 0 saturated heterocycles. The van der Waals surface area contributed by atoms with E-state index in [-0.39, 0.29) is 18.1 Å². The summed E-state index contributed by atoms with van der Waals surface area (Å²) >= 11 is 0. The van der Waals surface area contributed by atoms with Crippen molar-refractivity contribution in [3.63, 3.8) is 0 Å². The predicted molar refractivity (Wildman–Crippen MR) is 108 cm³/mol. The van der Waals surface area contributed by atoms with Crippen LogP contribution in [0, 0.1) is 20.8 Å². The molecule has 2 amide bonds. The standard InChI is InChI=1S/C21H24N4O2/c1-5-25(21(27)24-19-14(3)10-13(2)11-15(19)4)12-18-22-17-9-7-6-8-16(17)20(26)23-18/h6-11H,5,12H2,1-4H3,(H,24,27)(H,22,23,26). The molecule has 27 heavy (non-hydrogen) atoms. The molecule has 3 rings (SSSR count). The highest BCUT2D eigenvalue weighted by Crippen LogP contribution is 2.22. The number of anilines is 1. The lowest BCUT2D eigenvalue weighted by molar-refractivity contribution is 0.210. The lowest BCUT2D eigenvalue weighted by Gasteiger charge is -2.22. The molecule has 3 aromatic rings. The van der Waals surface area contributed by atoms with Gasteiger partial charge in [0.2, 0.25) is 0 Å². The van der Waals surface area contributed by atoms with Crippen LogP contribution in [-0.4, -0.2) is 27.4 Å². The molecule has 0 saturated carbocycles. The number of H-pyrrole nitrogens is 1. The fourth-order valence-corrected chi connectivity index (χ4v) is 3.28. The molecule has 2 aromatic carbocycles. The number of carbonyl (C=O) groups is 1. The van der Waals surface area contributed by atoms with Crippen molar-refractivity contribution in [1.82, 2.24) is 14.9 Å². The van der Waals surface area contributed by atoms with E-state index in [9.17, 15) is 9.59 Å². The fourth-order valence-electron chi connectivity index (χ4n) is 3.28. The summed E-state index contributed by atoms with van der Waals surface area (Å²) in [4.78, 5) is 33.9. The maximum absolute atomic E-state index is 12.8. The highest BCUT2D eigenvalue weighted by Gasteiger charge is 2.16. The topological polar surface area (TPSA) is 78.1 Å². The number of aromatic amines is 1. The quantitative estimate of drug-likeness (QED) is 0.737. The SMILES string of the molecule is CCN(Cc1nc2ccccc2c(=O)[nH]1)C(=O)Nc1c(C)cc(C)cc1C. The van der Waals surface area contributed by atoms with Gasteiger partial charge >= 0.3 is 6.03 Å². The number of hydrogen-bond acceptors (Lipinski definition) is 3. The van der Waals surface area contributed by atoms with E-state index in [0.717, 1.165) is 22.4 Å². The van der Waals surface area contributed by atoms with Crippen molar-refractivity contribution < 1.29 is 4.79 Å². The van der Waals surface area contributed by atoms with Gasteiger partial charge in [-0.1, -0.05) is 29.8 Å². The molecule has 0 atom stereocenters. The van der Waals surface area contributed by atoms with Crippen molar-refractivity contribution in [2.45, 2.75) is 34.2 Å². The zero-order valence-electron chi connectivity index (χ0n) is 16.1.